The Morgan fingerprint density at radius 2 is 2.12 bits per heavy atom. The summed E-state index contributed by atoms with van der Waals surface area (Å²) in [5.74, 6) is -0.119. The minimum absolute atomic E-state index is 0.119. The van der Waals surface area contributed by atoms with Crippen LogP contribution in [0, 0.1) is 0 Å². The molecule has 0 aromatic rings. The van der Waals surface area contributed by atoms with Gasteiger partial charge in [0.15, 0.2) is 0 Å². The van der Waals surface area contributed by atoms with Crippen molar-refractivity contribution in [2.75, 3.05) is 5.75 Å². The molecule has 0 saturated heterocycles. The molecular formula is C4H4O3S. The molecule has 0 bridgehead atoms. The second-order valence-electron chi connectivity index (χ2n) is 1.50. The summed E-state index contributed by atoms with van der Waals surface area (Å²) < 4.78 is 20.7. The number of carbonyl (C=O) groups excluding carboxylic acids is 1. The molecule has 0 aromatic carbocycles. The molecular weight excluding hydrogens is 128 g/mol. The Morgan fingerprint density at radius 1 is 1.50 bits per heavy atom. The molecule has 8 heavy (non-hydrogen) atoms. The monoisotopic (exact) mass is 132 g/mol. The van der Waals surface area contributed by atoms with Crippen LogP contribution in [-0.4, -0.2) is 19.3 Å². The lowest BCUT2D eigenvalue weighted by Crippen LogP contribution is -2.07. The Labute approximate surface area is 46.9 Å². The van der Waals surface area contributed by atoms with E-state index < -0.39 is 15.0 Å². The van der Waals surface area contributed by atoms with Gasteiger partial charge in [0.1, 0.15) is 0 Å². The topological polar surface area (TPSA) is 51.2 Å². The Balaban J connectivity index is 3.15. The van der Waals surface area contributed by atoms with Crippen LogP contribution >= 0.6 is 0 Å². The summed E-state index contributed by atoms with van der Waals surface area (Å²) in [4.78, 5) is 10.2. The van der Waals surface area contributed by atoms with Gasteiger partial charge in [0, 0.05) is 0 Å². The third-order valence-electron chi connectivity index (χ3n) is 0.876. The summed E-state index contributed by atoms with van der Waals surface area (Å²) in [6.45, 7) is 0. The first-order valence-electron chi connectivity index (χ1n) is 2.06. The first kappa shape index (κ1) is 5.50. The summed E-state index contributed by atoms with van der Waals surface area (Å²) in [5.41, 5.74) is 0. The summed E-state index contributed by atoms with van der Waals surface area (Å²) in [7, 11) is -3.37. The van der Waals surface area contributed by atoms with Crippen molar-refractivity contribution in [3.05, 3.63) is 12.2 Å². The average molecular weight is 132 g/mol. The van der Waals surface area contributed by atoms with Crippen LogP contribution in [0.15, 0.2) is 12.2 Å². The van der Waals surface area contributed by atoms with Crippen molar-refractivity contribution in [1.82, 2.24) is 0 Å². The van der Waals surface area contributed by atoms with E-state index in [9.17, 15) is 13.2 Å². The molecule has 1 rings (SSSR count). The fourth-order valence-electron chi connectivity index (χ4n) is 0.457. The quantitative estimate of drug-likeness (QED) is 0.446. The highest BCUT2D eigenvalue weighted by atomic mass is 32.2. The lowest BCUT2D eigenvalue weighted by atomic mass is 10.6. The predicted molar refractivity (Wildman–Crippen MR) is 27.9 cm³/mol. The van der Waals surface area contributed by atoms with Crippen LogP contribution in [0.1, 0.15) is 0 Å². The molecule has 0 fully saturated rings. The fourth-order valence-corrected chi connectivity index (χ4v) is 1.27. The first-order valence-corrected chi connectivity index (χ1v) is 3.71. The third-order valence-corrected chi connectivity index (χ3v) is 2.26. The van der Waals surface area contributed by atoms with Gasteiger partial charge < -0.3 is 0 Å². The van der Waals surface area contributed by atoms with Gasteiger partial charge in [-0.1, -0.05) is 6.08 Å². The number of rotatable bonds is 0. The van der Waals surface area contributed by atoms with Crippen LogP contribution in [0.2, 0.25) is 0 Å². The number of carbonyl (C=O) groups is 1. The molecule has 0 N–H and O–H groups in total. The molecule has 0 spiro atoms. The van der Waals surface area contributed by atoms with Gasteiger partial charge in [-0.05, 0) is 6.08 Å². The Bertz CT molecular complexity index is 234. The normalized spacial score (nSPS) is 24.2. The zero-order chi connectivity index (χ0) is 6.20. The van der Waals surface area contributed by atoms with Crippen LogP contribution in [-0.2, 0) is 14.6 Å². The standard InChI is InChI=1S/C4H4O3S/c5-4-2-1-3-8(4,6)7/h1-2H,3H2. The van der Waals surface area contributed by atoms with Gasteiger partial charge in [0.05, 0.1) is 5.75 Å². The van der Waals surface area contributed by atoms with Gasteiger partial charge in [-0.2, -0.15) is 0 Å². The highest BCUT2D eigenvalue weighted by Gasteiger charge is 2.22. The molecule has 0 amide bonds. The molecule has 1 aliphatic rings. The molecule has 0 atom stereocenters. The van der Waals surface area contributed by atoms with Crippen molar-refractivity contribution in [2.24, 2.45) is 0 Å². The number of hydrogen-bond donors (Lipinski definition) is 0. The van der Waals surface area contributed by atoms with Gasteiger partial charge in [0.2, 0.25) is 9.84 Å². The van der Waals surface area contributed by atoms with Crippen LogP contribution < -0.4 is 0 Å². The van der Waals surface area contributed by atoms with E-state index in [2.05, 4.69) is 0 Å². The highest BCUT2D eigenvalue weighted by Crippen LogP contribution is 2.01. The van der Waals surface area contributed by atoms with Crippen LogP contribution in [0.5, 0.6) is 0 Å². The summed E-state index contributed by atoms with van der Waals surface area (Å²) >= 11 is 0. The maximum atomic E-state index is 10.3. The third kappa shape index (κ3) is 0.667. The minimum Gasteiger partial charge on any atom is -0.277 e. The number of sulfone groups is 1. The summed E-state index contributed by atoms with van der Waals surface area (Å²) in [6.07, 6.45) is 2.42. The second-order valence-corrected chi connectivity index (χ2v) is 3.47. The molecule has 0 aromatic heterocycles. The van der Waals surface area contributed by atoms with Crippen molar-refractivity contribution in [2.45, 2.75) is 0 Å². The van der Waals surface area contributed by atoms with Crippen molar-refractivity contribution < 1.29 is 13.2 Å². The molecule has 1 heterocycles. The van der Waals surface area contributed by atoms with E-state index in [1.807, 2.05) is 0 Å². The molecule has 1 aliphatic heterocycles. The molecule has 0 unspecified atom stereocenters. The van der Waals surface area contributed by atoms with Gasteiger partial charge in [0.25, 0.3) is 5.12 Å². The summed E-state index contributed by atoms with van der Waals surface area (Å²) in [6, 6.07) is 0. The van der Waals surface area contributed by atoms with E-state index in [0.717, 1.165) is 6.08 Å². The Hall–Kier alpha value is -0.640. The Morgan fingerprint density at radius 3 is 2.25 bits per heavy atom. The SMILES string of the molecule is O=C1C=CCS1(=O)=O. The molecule has 3 nitrogen and oxygen atoms in total. The summed E-state index contributed by atoms with van der Waals surface area (Å²) in [5, 5.41) is -0.766. The van der Waals surface area contributed by atoms with Crippen LogP contribution in [0.3, 0.4) is 0 Å². The minimum atomic E-state index is -3.37. The van der Waals surface area contributed by atoms with Gasteiger partial charge >= 0.3 is 0 Å². The molecule has 44 valence electrons. The second kappa shape index (κ2) is 1.42. The number of hydrogen-bond acceptors (Lipinski definition) is 3. The lowest BCUT2D eigenvalue weighted by Gasteiger charge is -1.81. The lowest BCUT2D eigenvalue weighted by molar-refractivity contribution is -0.107. The van der Waals surface area contributed by atoms with E-state index in [1.54, 1.807) is 0 Å². The highest BCUT2D eigenvalue weighted by molar-refractivity contribution is 8.07. The smallest absolute Gasteiger partial charge is 0.269 e. The van der Waals surface area contributed by atoms with E-state index in [1.165, 1.54) is 6.08 Å². The van der Waals surface area contributed by atoms with Gasteiger partial charge in [-0.15, -0.1) is 0 Å². The molecule has 0 aliphatic carbocycles. The van der Waals surface area contributed by atoms with Crippen molar-refractivity contribution in [1.29, 1.82) is 0 Å². The van der Waals surface area contributed by atoms with Crippen molar-refractivity contribution in [3.8, 4) is 0 Å². The van der Waals surface area contributed by atoms with Crippen molar-refractivity contribution >= 4 is 15.0 Å². The van der Waals surface area contributed by atoms with E-state index in [0.29, 0.717) is 0 Å². The molecule has 0 radical (unpaired) electrons. The Kier molecular flexibility index (Phi) is 0.973. The van der Waals surface area contributed by atoms with Gasteiger partial charge in [-0.3, -0.25) is 4.79 Å². The van der Waals surface area contributed by atoms with Crippen molar-refractivity contribution in [3.63, 3.8) is 0 Å². The van der Waals surface area contributed by atoms with E-state index >= 15 is 0 Å². The molecule has 0 saturated carbocycles. The zero-order valence-corrected chi connectivity index (χ0v) is 4.81. The molecule has 4 heteroatoms. The van der Waals surface area contributed by atoms with E-state index in [-0.39, 0.29) is 5.75 Å². The average Bonchev–Trinajstić information content (AvgIpc) is 1.86. The fraction of sp³-hybridized carbons (Fsp3) is 0.250. The van der Waals surface area contributed by atoms with Crippen LogP contribution in [0.4, 0.5) is 0 Å². The zero-order valence-electron chi connectivity index (χ0n) is 3.99. The first-order chi connectivity index (χ1) is 3.63. The van der Waals surface area contributed by atoms with Gasteiger partial charge in [-0.25, -0.2) is 8.42 Å². The van der Waals surface area contributed by atoms with E-state index in [4.69, 9.17) is 0 Å². The van der Waals surface area contributed by atoms with Crippen LogP contribution in [0.25, 0.3) is 0 Å². The maximum absolute atomic E-state index is 10.3. The largest absolute Gasteiger partial charge is 0.277 e. The maximum Gasteiger partial charge on any atom is 0.269 e. The predicted octanol–water partition coefficient (Wildman–Crippen LogP) is -0.502.